The van der Waals surface area contributed by atoms with Crippen molar-refractivity contribution in [1.29, 1.82) is 0 Å². The highest BCUT2D eigenvalue weighted by Crippen LogP contribution is 2.09. The zero-order chi connectivity index (χ0) is 20.7. The molecule has 0 aromatic heterocycles. The normalized spacial score (nSPS) is 14.6. The maximum atomic E-state index is 12.9. The number of nitrogens with zero attached hydrogens (tertiary/aromatic N) is 2. The number of rotatable bonds is 5. The Hall–Kier alpha value is -2.64. The van der Waals surface area contributed by atoms with Crippen LogP contribution in [0.25, 0.3) is 0 Å². The molecule has 2 rings (SSSR count). The molecule has 8 heteroatoms. The van der Waals surface area contributed by atoms with Crippen molar-refractivity contribution < 1.29 is 23.5 Å². The van der Waals surface area contributed by atoms with E-state index in [0.717, 1.165) is 5.56 Å². The standard InChI is InChI=1S/C20H28FN3O4/c1-20(2,3)28-19(27)22-9-8-17(25)23-10-12-24(13-11-23)18(26)14-15-4-6-16(21)7-5-15/h4-7H,8-14H2,1-3H3,(H,22,27). The van der Waals surface area contributed by atoms with E-state index in [2.05, 4.69) is 5.32 Å². The molecular weight excluding hydrogens is 365 g/mol. The fourth-order valence-electron chi connectivity index (χ4n) is 2.84. The molecule has 1 aliphatic heterocycles. The van der Waals surface area contributed by atoms with Gasteiger partial charge in [0.1, 0.15) is 11.4 Å². The monoisotopic (exact) mass is 393 g/mol. The number of nitrogens with one attached hydrogen (secondary N) is 1. The summed E-state index contributed by atoms with van der Waals surface area (Å²) >= 11 is 0. The van der Waals surface area contributed by atoms with Gasteiger partial charge in [-0.3, -0.25) is 9.59 Å². The maximum absolute atomic E-state index is 12.9. The predicted molar refractivity (Wildman–Crippen MR) is 102 cm³/mol. The Bertz CT molecular complexity index is 692. The van der Waals surface area contributed by atoms with Crippen molar-refractivity contribution in [1.82, 2.24) is 15.1 Å². The number of hydrogen-bond donors (Lipinski definition) is 1. The van der Waals surface area contributed by atoms with Crippen LogP contribution in [0.3, 0.4) is 0 Å². The van der Waals surface area contributed by atoms with Gasteiger partial charge >= 0.3 is 6.09 Å². The second-order valence-corrected chi connectivity index (χ2v) is 7.74. The number of amides is 3. The average molecular weight is 393 g/mol. The Labute approximate surface area is 164 Å². The first-order valence-corrected chi connectivity index (χ1v) is 9.41. The molecular formula is C20H28FN3O4. The first-order valence-electron chi connectivity index (χ1n) is 9.41. The van der Waals surface area contributed by atoms with Crippen molar-refractivity contribution in [3.8, 4) is 0 Å². The van der Waals surface area contributed by atoms with Gasteiger partial charge in [0.25, 0.3) is 0 Å². The number of carbonyl (C=O) groups excluding carboxylic acids is 3. The van der Waals surface area contributed by atoms with Crippen LogP contribution in [0.2, 0.25) is 0 Å². The predicted octanol–water partition coefficient (Wildman–Crippen LogP) is 1.95. The first-order chi connectivity index (χ1) is 13.1. The molecule has 0 spiro atoms. The smallest absolute Gasteiger partial charge is 0.407 e. The van der Waals surface area contributed by atoms with E-state index in [9.17, 15) is 18.8 Å². The van der Waals surface area contributed by atoms with Gasteiger partial charge in [-0.1, -0.05) is 12.1 Å². The molecule has 1 saturated heterocycles. The lowest BCUT2D eigenvalue weighted by Gasteiger charge is -2.35. The van der Waals surface area contributed by atoms with Gasteiger partial charge in [-0.2, -0.15) is 0 Å². The number of carbonyl (C=O) groups is 3. The van der Waals surface area contributed by atoms with Crippen LogP contribution in [0.5, 0.6) is 0 Å². The van der Waals surface area contributed by atoms with Crippen molar-refractivity contribution in [2.75, 3.05) is 32.7 Å². The van der Waals surface area contributed by atoms with E-state index in [1.165, 1.54) is 12.1 Å². The van der Waals surface area contributed by atoms with Crippen molar-refractivity contribution in [3.05, 3.63) is 35.6 Å². The van der Waals surface area contributed by atoms with Crippen LogP contribution in [0.15, 0.2) is 24.3 Å². The molecule has 0 saturated carbocycles. The average Bonchev–Trinajstić information content (AvgIpc) is 2.62. The van der Waals surface area contributed by atoms with E-state index < -0.39 is 11.7 Å². The highest BCUT2D eigenvalue weighted by Gasteiger charge is 2.24. The van der Waals surface area contributed by atoms with Crippen LogP contribution in [0.4, 0.5) is 9.18 Å². The molecule has 1 N–H and O–H groups in total. The Morgan fingerprint density at radius 2 is 1.54 bits per heavy atom. The van der Waals surface area contributed by atoms with Gasteiger partial charge in [0.15, 0.2) is 0 Å². The molecule has 0 atom stereocenters. The fraction of sp³-hybridized carbons (Fsp3) is 0.550. The number of halogens is 1. The van der Waals surface area contributed by atoms with E-state index in [-0.39, 0.29) is 37.0 Å². The Kier molecular flexibility index (Phi) is 7.37. The summed E-state index contributed by atoms with van der Waals surface area (Å²) in [5.41, 5.74) is 0.184. The summed E-state index contributed by atoms with van der Waals surface area (Å²) in [6.07, 6.45) is -0.145. The van der Waals surface area contributed by atoms with Crippen molar-refractivity contribution in [2.24, 2.45) is 0 Å². The molecule has 1 heterocycles. The van der Waals surface area contributed by atoms with E-state index in [1.807, 2.05) is 0 Å². The summed E-state index contributed by atoms with van der Waals surface area (Å²) in [6.45, 7) is 7.37. The third kappa shape index (κ3) is 7.17. The molecule has 1 aromatic carbocycles. The van der Waals surface area contributed by atoms with Crippen LogP contribution in [-0.2, 0) is 20.7 Å². The Morgan fingerprint density at radius 3 is 2.07 bits per heavy atom. The maximum Gasteiger partial charge on any atom is 0.407 e. The quantitative estimate of drug-likeness (QED) is 0.829. The number of hydrogen-bond acceptors (Lipinski definition) is 4. The molecule has 28 heavy (non-hydrogen) atoms. The minimum Gasteiger partial charge on any atom is -0.444 e. The van der Waals surface area contributed by atoms with Crippen LogP contribution in [0.1, 0.15) is 32.8 Å². The molecule has 3 amide bonds. The molecule has 7 nitrogen and oxygen atoms in total. The minimum atomic E-state index is -0.579. The highest BCUT2D eigenvalue weighted by atomic mass is 19.1. The Morgan fingerprint density at radius 1 is 1.00 bits per heavy atom. The molecule has 1 aliphatic rings. The van der Waals surface area contributed by atoms with Crippen LogP contribution >= 0.6 is 0 Å². The summed E-state index contributed by atoms with van der Waals surface area (Å²) in [5.74, 6) is -0.434. The summed E-state index contributed by atoms with van der Waals surface area (Å²) in [7, 11) is 0. The summed E-state index contributed by atoms with van der Waals surface area (Å²) < 4.78 is 18.1. The zero-order valence-electron chi connectivity index (χ0n) is 16.7. The highest BCUT2D eigenvalue weighted by molar-refractivity contribution is 5.80. The van der Waals surface area contributed by atoms with Crippen LogP contribution in [0, 0.1) is 5.82 Å². The van der Waals surface area contributed by atoms with Gasteiger partial charge in [-0.25, -0.2) is 9.18 Å². The molecule has 1 aromatic rings. The van der Waals surface area contributed by atoms with E-state index >= 15 is 0 Å². The van der Waals surface area contributed by atoms with Crippen molar-refractivity contribution >= 4 is 17.9 Å². The van der Waals surface area contributed by atoms with Crippen LogP contribution in [-0.4, -0.2) is 66.0 Å². The topological polar surface area (TPSA) is 79.0 Å². The molecule has 154 valence electrons. The van der Waals surface area contributed by atoms with Gasteiger partial charge in [0, 0.05) is 39.1 Å². The number of ether oxygens (including phenoxy) is 1. The molecule has 1 fully saturated rings. The third-order valence-corrected chi connectivity index (χ3v) is 4.26. The van der Waals surface area contributed by atoms with E-state index in [0.29, 0.717) is 26.2 Å². The van der Waals surface area contributed by atoms with E-state index in [4.69, 9.17) is 4.74 Å². The van der Waals surface area contributed by atoms with Gasteiger partial charge in [0.05, 0.1) is 6.42 Å². The number of piperazine rings is 1. The summed E-state index contributed by atoms with van der Waals surface area (Å²) in [4.78, 5) is 39.6. The third-order valence-electron chi connectivity index (χ3n) is 4.26. The van der Waals surface area contributed by atoms with Gasteiger partial charge in [-0.15, -0.1) is 0 Å². The van der Waals surface area contributed by atoms with Crippen LogP contribution < -0.4 is 5.32 Å². The summed E-state index contributed by atoms with van der Waals surface area (Å²) in [5, 5.41) is 2.57. The number of alkyl carbamates (subject to hydrolysis) is 1. The van der Waals surface area contributed by atoms with Gasteiger partial charge in [-0.05, 0) is 38.5 Å². The lowest BCUT2D eigenvalue weighted by molar-refractivity contribution is -0.139. The SMILES string of the molecule is CC(C)(C)OC(=O)NCCC(=O)N1CCN(C(=O)Cc2ccc(F)cc2)CC1. The first kappa shape index (κ1) is 21.7. The lowest BCUT2D eigenvalue weighted by atomic mass is 10.1. The molecule has 0 bridgehead atoms. The number of benzene rings is 1. The largest absolute Gasteiger partial charge is 0.444 e. The summed E-state index contributed by atoms with van der Waals surface area (Å²) in [6, 6.07) is 5.88. The molecule has 0 radical (unpaired) electrons. The van der Waals surface area contributed by atoms with E-state index in [1.54, 1.807) is 42.7 Å². The minimum absolute atomic E-state index is 0.0368. The zero-order valence-corrected chi connectivity index (χ0v) is 16.7. The Balaban J connectivity index is 1.69. The fourth-order valence-corrected chi connectivity index (χ4v) is 2.84. The second-order valence-electron chi connectivity index (χ2n) is 7.74. The molecule has 0 aliphatic carbocycles. The second kappa shape index (κ2) is 9.52. The van der Waals surface area contributed by atoms with Crippen molar-refractivity contribution in [3.63, 3.8) is 0 Å². The van der Waals surface area contributed by atoms with Gasteiger partial charge in [0.2, 0.25) is 11.8 Å². The van der Waals surface area contributed by atoms with Crippen molar-refractivity contribution in [2.45, 2.75) is 39.2 Å². The van der Waals surface area contributed by atoms with Gasteiger partial charge < -0.3 is 19.9 Å². The lowest BCUT2D eigenvalue weighted by Crippen LogP contribution is -2.51. The molecule has 0 unspecified atom stereocenters.